The zero-order chi connectivity index (χ0) is 14.1. The summed E-state index contributed by atoms with van der Waals surface area (Å²) in [4.78, 5) is 12.0. The largest absolute Gasteiger partial charge is 0.384 e. The van der Waals surface area contributed by atoms with E-state index in [9.17, 15) is 4.79 Å². The van der Waals surface area contributed by atoms with Crippen LogP contribution in [0.3, 0.4) is 0 Å². The Morgan fingerprint density at radius 1 is 1.53 bits per heavy atom. The number of amides is 1. The molecule has 4 heteroatoms. The normalized spacial score (nSPS) is 11.3. The predicted octanol–water partition coefficient (Wildman–Crippen LogP) is 1.90. The Hall–Kier alpha value is -1.44. The molecular weight excluding hydrogens is 258 g/mol. The predicted molar refractivity (Wildman–Crippen MR) is 80.3 cm³/mol. The number of hydrogen-bond donors (Lipinski definition) is 2. The third-order valence-corrected chi connectivity index (χ3v) is 3.53. The molecule has 2 N–H and O–H groups in total. The van der Waals surface area contributed by atoms with E-state index < -0.39 is 0 Å². The van der Waals surface area contributed by atoms with Gasteiger partial charge in [-0.05, 0) is 30.9 Å². The van der Waals surface area contributed by atoms with E-state index in [4.69, 9.17) is 5.11 Å². The number of carbonyl (C=O) groups excluding carboxylic acids is 1. The van der Waals surface area contributed by atoms with Crippen molar-refractivity contribution in [1.82, 2.24) is 5.32 Å². The molecule has 19 heavy (non-hydrogen) atoms. The Balaban J connectivity index is 2.66. The van der Waals surface area contributed by atoms with E-state index in [0.717, 1.165) is 17.1 Å². The van der Waals surface area contributed by atoms with E-state index >= 15 is 0 Å². The number of carbonyl (C=O) groups is 1. The van der Waals surface area contributed by atoms with Crippen LogP contribution in [0.25, 0.3) is 0 Å². The molecule has 0 aliphatic heterocycles. The van der Waals surface area contributed by atoms with Crippen LogP contribution in [0.4, 0.5) is 0 Å². The second-order valence-electron chi connectivity index (χ2n) is 4.07. The maximum atomic E-state index is 12.0. The van der Waals surface area contributed by atoms with Crippen molar-refractivity contribution in [2.24, 2.45) is 0 Å². The quantitative estimate of drug-likeness (QED) is 0.808. The Labute approximate surface area is 118 Å². The van der Waals surface area contributed by atoms with Crippen molar-refractivity contribution in [2.45, 2.75) is 19.9 Å². The number of hydrogen-bond acceptors (Lipinski definition) is 3. The fourth-order valence-electron chi connectivity index (χ4n) is 1.52. The van der Waals surface area contributed by atoms with Crippen LogP contribution in [0.5, 0.6) is 0 Å². The van der Waals surface area contributed by atoms with Crippen molar-refractivity contribution < 1.29 is 9.90 Å². The minimum Gasteiger partial charge on any atom is -0.384 e. The fraction of sp³-hybridized carbons (Fsp3) is 0.400. The molecule has 0 aliphatic carbocycles. The van der Waals surface area contributed by atoms with Crippen LogP contribution >= 0.6 is 11.8 Å². The summed E-state index contributed by atoms with van der Waals surface area (Å²) in [6, 6.07) is 7.25. The SMILES string of the molecule is CCSCC(C)NC(=O)c1cccc(C#CCO)c1. The molecule has 0 heterocycles. The van der Waals surface area contributed by atoms with Crippen LogP contribution in [0.2, 0.25) is 0 Å². The summed E-state index contributed by atoms with van der Waals surface area (Å²) in [5, 5.41) is 11.6. The van der Waals surface area contributed by atoms with Gasteiger partial charge in [-0.3, -0.25) is 4.79 Å². The summed E-state index contributed by atoms with van der Waals surface area (Å²) >= 11 is 1.80. The van der Waals surface area contributed by atoms with Crippen LogP contribution in [-0.2, 0) is 0 Å². The van der Waals surface area contributed by atoms with Crippen LogP contribution in [0.1, 0.15) is 29.8 Å². The number of rotatable bonds is 5. The average Bonchev–Trinajstić information content (AvgIpc) is 2.43. The minimum absolute atomic E-state index is 0.0862. The zero-order valence-corrected chi connectivity index (χ0v) is 12.1. The van der Waals surface area contributed by atoms with E-state index in [-0.39, 0.29) is 18.6 Å². The van der Waals surface area contributed by atoms with Gasteiger partial charge in [0.15, 0.2) is 0 Å². The lowest BCUT2D eigenvalue weighted by Crippen LogP contribution is -2.34. The molecule has 0 bridgehead atoms. The number of benzene rings is 1. The fourth-order valence-corrected chi connectivity index (χ4v) is 2.20. The van der Waals surface area contributed by atoms with Gasteiger partial charge in [0.05, 0.1) is 0 Å². The summed E-state index contributed by atoms with van der Waals surface area (Å²) in [7, 11) is 0. The number of thioether (sulfide) groups is 1. The molecule has 3 nitrogen and oxygen atoms in total. The van der Waals surface area contributed by atoms with Gasteiger partial charge in [0, 0.05) is 22.9 Å². The Kier molecular flexibility index (Phi) is 7.09. The Morgan fingerprint density at radius 2 is 2.32 bits per heavy atom. The molecule has 1 aromatic rings. The number of nitrogens with one attached hydrogen (secondary N) is 1. The second kappa shape index (κ2) is 8.63. The molecule has 0 spiro atoms. The first-order chi connectivity index (χ1) is 9.17. The Morgan fingerprint density at radius 3 is 3.00 bits per heavy atom. The molecular formula is C15H19NO2S. The molecule has 0 aromatic heterocycles. The summed E-state index contributed by atoms with van der Waals surface area (Å²) in [6.45, 7) is 3.92. The lowest BCUT2D eigenvalue weighted by molar-refractivity contribution is 0.0943. The molecule has 0 aliphatic rings. The second-order valence-corrected chi connectivity index (χ2v) is 5.39. The van der Waals surface area contributed by atoms with Gasteiger partial charge in [-0.1, -0.05) is 24.8 Å². The standard InChI is InChI=1S/C15H19NO2S/c1-3-19-11-12(2)16-15(18)14-8-4-6-13(10-14)7-5-9-17/h4,6,8,10,12,17H,3,9,11H2,1-2H3,(H,16,18). The van der Waals surface area contributed by atoms with Crippen molar-refractivity contribution in [3.05, 3.63) is 35.4 Å². The van der Waals surface area contributed by atoms with Crippen LogP contribution in [-0.4, -0.2) is 35.2 Å². The molecule has 1 unspecified atom stereocenters. The van der Waals surface area contributed by atoms with E-state index in [1.807, 2.05) is 13.0 Å². The van der Waals surface area contributed by atoms with E-state index in [0.29, 0.717) is 5.56 Å². The summed E-state index contributed by atoms with van der Waals surface area (Å²) in [5.74, 6) is 7.23. The molecule has 0 saturated carbocycles. The van der Waals surface area contributed by atoms with Gasteiger partial charge in [0.2, 0.25) is 0 Å². The summed E-state index contributed by atoms with van der Waals surface area (Å²) < 4.78 is 0. The van der Waals surface area contributed by atoms with Gasteiger partial charge < -0.3 is 10.4 Å². The van der Waals surface area contributed by atoms with Gasteiger partial charge >= 0.3 is 0 Å². The topological polar surface area (TPSA) is 49.3 Å². The zero-order valence-electron chi connectivity index (χ0n) is 11.3. The molecule has 0 fully saturated rings. The molecule has 1 amide bonds. The maximum absolute atomic E-state index is 12.0. The number of aliphatic hydroxyl groups excluding tert-OH is 1. The van der Waals surface area contributed by atoms with E-state index in [1.165, 1.54) is 0 Å². The van der Waals surface area contributed by atoms with Crippen molar-refractivity contribution in [2.75, 3.05) is 18.1 Å². The lowest BCUT2D eigenvalue weighted by atomic mass is 10.1. The van der Waals surface area contributed by atoms with Gasteiger partial charge in [0.1, 0.15) is 6.61 Å². The minimum atomic E-state index is -0.179. The van der Waals surface area contributed by atoms with Crippen molar-refractivity contribution in [1.29, 1.82) is 0 Å². The van der Waals surface area contributed by atoms with Gasteiger partial charge in [-0.25, -0.2) is 0 Å². The maximum Gasteiger partial charge on any atom is 0.251 e. The van der Waals surface area contributed by atoms with Crippen molar-refractivity contribution in [3.8, 4) is 11.8 Å². The van der Waals surface area contributed by atoms with Gasteiger partial charge in [-0.2, -0.15) is 11.8 Å². The highest BCUT2D eigenvalue weighted by molar-refractivity contribution is 7.99. The monoisotopic (exact) mass is 277 g/mol. The highest BCUT2D eigenvalue weighted by Gasteiger charge is 2.09. The van der Waals surface area contributed by atoms with Gasteiger partial charge in [-0.15, -0.1) is 0 Å². The van der Waals surface area contributed by atoms with Crippen LogP contribution < -0.4 is 5.32 Å². The van der Waals surface area contributed by atoms with Crippen molar-refractivity contribution in [3.63, 3.8) is 0 Å². The van der Waals surface area contributed by atoms with Crippen molar-refractivity contribution >= 4 is 17.7 Å². The molecule has 102 valence electrons. The molecule has 0 saturated heterocycles. The van der Waals surface area contributed by atoms with Crippen LogP contribution in [0.15, 0.2) is 24.3 Å². The highest BCUT2D eigenvalue weighted by atomic mass is 32.2. The highest BCUT2D eigenvalue weighted by Crippen LogP contribution is 2.06. The molecule has 0 radical (unpaired) electrons. The molecule has 1 aromatic carbocycles. The third kappa shape index (κ3) is 5.82. The summed E-state index contributed by atoms with van der Waals surface area (Å²) in [5.41, 5.74) is 1.33. The van der Waals surface area contributed by atoms with E-state index in [2.05, 4.69) is 24.1 Å². The molecule has 1 atom stereocenters. The number of aliphatic hydroxyl groups is 1. The molecule has 1 rings (SSSR count). The van der Waals surface area contributed by atoms with E-state index in [1.54, 1.807) is 30.0 Å². The first-order valence-corrected chi connectivity index (χ1v) is 7.41. The summed E-state index contributed by atoms with van der Waals surface area (Å²) in [6.07, 6.45) is 0. The third-order valence-electron chi connectivity index (χ3n) is 2.39. The first kappa shape index (κ1) is 15.6. The first-order valence-electron chi connectivity index (χ1n) is 6.25. The smallest absolute Gasteiger partial charge is 0.251 e. The van der Waals surface area contributed by atoms with Gasteiger partial charge in [0.25, 0.3) is 5.91 Å². The Bertz CT molecular complexity index is 477. The van der Waals surface area contributed by atoms with Crippen LogP contribution in [0, 0.1) is 11.8 Å². The average molecular weight is 277 g/mol. The lowest BCUT2D eigenvalue weighted by Gasteiger charge is -2.13.